The minimum absolute atomic E-state index is 0.0435. The third-order valence-corrected chi connectivity index (χ3v) is 15.8. The monoisotopic (exact) mass is 1090 g/mol. The summed E-state index contributed by atoms with van der Waals surface area (Å²) < 4.78 is 30.7. The van der Waals surface area contributed by atoms with E-state index in [9.17, 15) is 19.0 Å². The van der Waals surface area contributed by atoms with Crippen LogP contribution in [-0.4, -0.2) is 74.3 Å². The van der Waals surface area contributed by atoms with Crippen molar-refractivity contribution in [3.63, 3.8) is 0 Å². The van der Waals surface area contributed by atoms with Crippen LogP contribution < -0.4 is 5.32 Å². The van der Waals surface area contributed by atoms with E-state index in [-0.39, 0.29) is 25.1 Å². The molecule has 0 aliphatic heterocycles. The number of hydrogen-bond acceptors (Lipinski definition) is 6. The second-order valence-corrected chi connectivity index (χ2v) is 25.1. The first kappa shape index (κ1) is 74.2. The molecule has 0 radical (unpaired) electrons. The number of unbranched alkanes of at least 4 members (excludes halogenated alkanes) is 40. The summed E-state index contributed by atoms with van der Waals surface area (Å²) in [7, 11) is 1.51. The Labute approximate surface area is 472 Å². The molecule has 0 aromatic heterocycles. The van der Waals surface area contributed by atoms with Gasteiger partial charge in [-0.2, -0.15) is 0 Å². The quantitative estimate of drug-likeness (QED) is 0.0205. The molecule has 0 heterocycles. The Balaban J connectivity index is 4.94. The number of nitrogens with one attached hydrogen (secondary N) is 1. The lowest BCUT2D eigenvalue weighted by atomic mass is 10.0. The summed E-state index contributed by atoms with van der Waals surface area (Å²) in [6, 6.07) is -0.842. The van der Waals surface area contributed by atoms with Crippen LogP contribution >= 0.6 is 7.82 Å². The van der Waals surface area contributed by atoms with E-state index in [0.29, 0.717) is 23.9 Å². The van der Waals surface area contributed by atoms with Crippen LogP contribution in [0.3, 0.4) is 0 Å². The van der Waals surface area contributed by atoms with Crippen LogP contribution in [0.2, 0.25) is 0 Å². The molecule has 0 saturated carbocycles. The predicted molar refractivity (Wildman–Crippen MR) is 328 cm³/mol. The highest BCUT2D eigenvalue weighted by Gasteiger charge is 2.30. The number of nitrogens with zero attached hydrogens (tertiary/aromatic N) is 1. The fourth-order valence-corrected chi connectivity index (χ4v) is 10.5. The van der Waals surface area contributed by atoms with Crippen LogP contribution in [0.1, 0.15) is 323 Å². The molecule has 448 valence electrons. The molecule has 1 amide bonds. The summed E-state index contributed by atoms with van der Waals surface area (Å²) in [6.07, 6.45) is 68.7. The molecule has 0 aliphatic rings. The highest BCUT2D eigenvalue weighted by atomic mass is 31.2. The summed E-state index contributed by atoms with van der Waals surface area (Å²) in [5.41, 5.74) is 0. The van der Waals surface area contributed by atoms with Crippen molar-refractivity contribution in [3.8, 4) is 0 Å². The SMILES string of the molecule is CCCCC/C=C\C/C=C\CCCCCCCCCCCCCCCCCCCC(=O)NC(COP(=O)(O)OCC[N+](C)(C)C)C(/C=C\CCCCCCCCCCCC)OC(=O)CCCCCCCCCCCCC. The maximum Gasteiger partial charge on any atom is 0.472 e. The Morgan fingerprint density at radius 3 is 1.21 bits per heavy atom. The van der Waals surface area contributed by atoms with Gasteiger partial charge in [-0.25, -0.2) is 4.57 Å². The molecule has 0 aromatic rings. The molecule has 9 nitrogen and oxygen atoms in total. The van der Waals surface area contributed by atoms with Gasteiger partial charge in [0.1, 0.15) is 19.3 Å². The number of rotatable bonds is 60. The minimum Gasteiger partial charge on any atom is -0.456 e. The molecule has 3 unspecified atom stereocenters. The van der Waals surface area contributed by atoms with E-state index >= 15 is 0 Å². The van der Waals surface area contributed by atoms with E-state index in [2.05, 4.69) is 50.4 Å². The molecule has 0 rings (SSSR count). The Kier molecular flexibility index (Phi) is 55.2. The first-order valence-electron chi connectivity index (χ1n) is 32.8. The lowest BCUT2D eigenvalue weighted by Gasteiger charge is -2.27. The van der Waals surface area contributed by atoms with Crippen molar-refractivity contribution in [2.75, 3.05) is 40.9 Å². The standard InChI is InChI=1S/C66H127N2O7P/c1-7-10-13-16-19-22-25-27-28-29-30-31-32-33-34-35-36-37-38-39-40-41-44-46-49-52-55-58-65(69)67-63(62-74-76(71,72)73-61-60-68(4,5)6)64(57-54-51-48-45-43-26-23-20-17-14-11-8-2)75-66(70)59-56-53-50-47-42-24-21-18-15-12-9-3/h19,22,27-28,54,57,63-64H,7-18,20-21,23-26,29-53,55-56,58-62H2,1-6H3,(H-,67,69,71,72)/p+1/b22-19-,28-27-,57-54-. The van der Waals surface area contributed by atoms with Crippen LogP contribution in [0.25, 0.3) is 0 Å². The van der Waals surface area contributed by atoms with Crippen LogP contribution in [0.5, 0.6) is 0 Å². The summed E-state index contributed by atoms with van der Waals surface area (Å²) in [6.45, 7) is 7.02. The number of phosphoric acid groups is 1. The molecule has 2 N–H and O–H groups in total. The third kappa shape index (κ3) is 56.9. The number of carbonyl (C=O) groups excluding carboxylic acids is 2. The maximum absolute atomic E-state index is 13.6. The molecule has 0 spiro atoms. The molecule has 3 atom stereocenters. The van der Waals surface area contributed by atoms with Crippen molar-refractivity contribution in [1.29, 1.82) is 0 Å². The summed E-state index contributed by atoms with van der Waals surface area (Å²) in [5, 5.41) is 3.06. The van der Waals surface area contributed by atoms with Gasteiger partial charge in [0.25, 0.3) is 0 Å². The topological polar surface area (TPSA) is 111 Å². The van der Waals surface area contributed by atoms with Gasteiger partial charge in [-0.1, -0.05) is 282 Å². The van der Waals surface area contributed by atoms with Gasteiger partial charge in [0.2, 0.25) is 5.91 Å². The van der Waals surface area contributed by atoms with E-state index in [4.69, 9.17) is 13.8 Å². The lowest BCUT2D eigenvalue weighted by molar-refractivity contribution is -0.870. The van der Waals surface area contributed by atoms with E-state index in [1.807, 2.05) is 33.3 Å². The Bertz CT molecular complexity index is 1400. The second kappa shape index (κ2) is 56.5. The molecule has 0 bridgehead atoms. The molecule has 0 saturated heterocycles. The first-order chi connectivity index (χ1) is 36.9. The minimum atomic E-state index is -4.44. The van der Waals surface area contributed by atoms with Gasteiger partial charge in [-0.3, -0.25) is 18.6 Å². The van der Waals surface area contributed by atoms with Crippen molar-refractivity contribution in [1.82, 2.24) is 5.32 Å². The number of quaternary nitrogens is 1. The average molecular weight is 1090 g/mol. The van der Waals surface area contributed by atoms with E-state index in [1.54, 1.807) is 0 Å². The maximum atomic E-state index is 13.6. The summed E-state index contributed by atoms with van der Waals surface area (Å²) >= 11 is 0. The van der Waals surface area contributed by atoms with Crippen LogP contribution in [0.4, 0.5) is 0 Å². The van der Waals surface area contributed by atoms with E-state index < -0.39 is 20.0 Å². The molecular formula is C66H128N2O7P+. The predicted octanol–water partition coefficient (Wildman–Crippen LogP) is 20.3. The van der Waals surface area contributed by atoms with E-state index in [0.717, 1.165) is 64.2 Å². The third-order valence-electron chi connectivity index (χ3n) is 14.8. The Morgan fingerprint density at radius 2 is 0.803 bits per heavy atom. The smallest absolute Gasteiger partial charge is 0.456 e. The van der Waals surface area contributed by atoms with Gasteiger partial charge in [-0.15, -0.1) is 0 Å². The van der Waals surface area contributed by atoms with Gasteiger partial charge < -0.3 is 19.4 Å². The van der Waals surface area contributed by atoms with Crippen LogP contribution in [0.15, 0.2) is 36.5 Å². The second-order valence-electron chi connectivity index (χ2n) is 23.6. The van der Waals surface area contributed by atoms with Gasteiger partial charge in [-0.05, 0) is 63.9 Å². The molecule has 0 aliphatic carbocycles. The molecule has 10 heteroatoms. The van der Waals surface area contributed by atoms with Gasteiger partial charge >= 0.3 is 13.8 Å². The molecule has 0 fully saturated rings. The number of allylic oxidation sites excluding steroid dienone is 5. The first-order valence-corrected chi connectivity index (χ1v) is 34.3. The normalized spacial score (nSPS) is 13.8. The van der Waals surface area contributed by atoms with Crippen molar-refractivity contribution in [2.24, 2.45) is 0 Å². The average Bonchev–Trinajstić information content (AvgIpc) is 3.38. The number of phosphoric ester groups is 1. The zero-order valence-corrected chi connectivity index (χ0v) is 52.2. The lowest BCUT2D eigenvalue weighted by Crippen LogP contribution is -2.47. The summed E-state index contributed by atoms with van der Waals surface area (Å²) in [4.78, 5) is 37.7. The number of amides is 1. The fourth-order valence-electron chi connectivity index (χ4n) is 9.74. The number of carbonyl (C=O) groups is 2. The van der Waals surface area contributed by atoms with Crippen molar-refractivity contribution in [3.05, 3.63) is 36.5 Å². The van der Waals surface area contributed by atoms with Gasteiger partial charge in [0, 0.05) is 12.8 Å². The van der Waals surface area contributed by atoms with Crippen molar-refractivity contribution >= 4 is 19.7 Å². The fraction of sp³-hybridized carbons (Fsp3) is 0.879. The highest BCUT2D eigenvalue weighted by molar-refractivity contribution is 7.47. The van der Waals surface area contributed by atoms with Crippen molar-refractivity contribution < 1.29 is 37.3 Å². The number of ether oxygens (including phenoxy) is 1. The molecular weight excluding hydrogens is 964 g/mol. The van der Waals surface area contributed by atoms with Crippen LogP contribution in [0, 0.1) is 0 Å². The Hall–Kier alpha value is -1.77. The number of hydrogen-bond donors (Lipinski definition) is 2. The van der Waals surface area contributed by atoms with Gasteiger partial charge in [0.05, 0.1) is 33.8 Å². The highest BCUT2D eigenvalue weighted by Crippen LogP contribution is 2.43. The number of likely N-dealkylation sites (N-methyl/N-ethyl adjacent to an activating group) is 1. The van der Waals surface area contributed by atoms with Gasteiger partial charge in [0.15, 0.2) is 0 Å². The van der Waals surface area contributed by atoms with Crippen molar-refractivity contribution in [2.45, 2.75) is 335 Å². The zero-order valence-electron chi connectivity index (χ0n) is 51.3. The zero-order chi connectivity index (χ0) is 55.7. The van der Waals surface area contributed by atoms with Crippen LogP contribution in [-0.2, 0) is 27.9 Å². The largest absolute Gasteiger partial charge is 0.472 e. The molecule has 0 aromatic carbocycles. The Morgan fingerprint density at radius 1 is 0.461 bits per heavy atom. The number of esters is 1. The summed E-state index contributed by atoms with van der Waals surface area (Å²) in [5.74, 6) is -0.491. The van der Waals surface area contributed by atoms with E-state index in [1.165, 1.54) is 225 Å². The molecule has 76 heavy (non-hydrogen) atoms.